The Morgan fingerprint density at radius 3 is 2.65 bits per heavy atom. The lowest BCUT2D eigenvalue weighted by molar-refractivity contribution is -0.00666. The standard InChI is InChI=1S/C14H18BrClO/c1-10-4-6-14(17,7-5-10)9-11-2-3-12(15)8-13(11)16/h2-3,8,10,17H,4-7,9H2,1H3. The molecule has 1 aromatic carbocycles. The fourth-order valence-electron chi connectivity index (χ4n) is 2.50. The molecule has 0 radical (unpaired) electrons. The molecule has 3 heteroatoms. The maximum atomic E-state index is 10.6. The maximum Gasteiger partial charge on any atom is 0.0688 e. The molecular formula is C14H18BrClO. The van der Waals surface area contributed by atoms with Crippen LogP contribution >= 0.6 is 27.5 Å². The summed E-state index contributed by atoms with van der Waals surface area (Å²) in [5, 5.41) is 11.3. The smallest absolute Gasteiger partial charge is 0.0688 e. The van der Waals surface area contributed by atoms with Gasteiger partial charge in [0.2, 0.25) is 0 Å². The van der Waals surface area contributed by atoms with Gasteiger partial charge < -0.3 is 5.11 Å². The van der Waals surface area contributed by atoms with Crippen molar-refractivity contribution in [2.45, 2.75) is 44.6 Å². The molecule has 0 atom stereocenters. The van der Waals surface area contributed by atoms with Crippen molar-refractivity contribution in [1.29, 1.82) is 0 Å². The van der Waals surface area contributed by atoms with E-state index in [4.69, 9.17) is 11.6 Å². The molecule has 94 valence electrons. The zero-order valence-electron chi connectivity index (χ0n) is 10.0. The summed E-state index contributed by atoms with van der Waals surface area (Å²) in [6, 6.07) is 5.88. The SMILES string of the molecule is CC1CCC(O)(Cc2ccc(Br)cc2Cl)CC1. The van der Waals surface area contributed by atoms with E-state index in [9.17, 15) is 5.11 Å². The van der Waals surface area contributed by atoms with E-state index in [0.717, 1.165) is 46.7 Å². The van der Waals surface area contributed by atoms with Gasteiger partial charge in [0.05, 0.1) is 5.60 Å². The Morgan fingerprint density at radius 1 is 1.41 bits per heavy atom. The molecule has 0 saturated heterocycles. The molecule has 1 saturated carbocycles. The third kappa shape index (κ3) is 3.46. The molecule has 1 N–H and O–H groups in total. The van der Waals surface area contributed by atoms with Crippen molar-refractivity contribution in [3.63, 3.8) is 0 Å². The van der Waals surface area contributed by atoms with Crippen LogP contribution in [0.4, 0.5) is 0 Å². The Bertz CT molecular complexity index is 397. The summed E-state index contributed by atoms with van der Waals surface area (Å²) in [5.41, 5.74) is 0.496. The topological polar surface area (TPSA) is 20.2 Å². The van der Waals surface area contributed by atoms with Crippen LogP contribution in [0.15, 0.2) is 22.7 Å². The highest BCUT2D eigenvalue weighted by Gasteiger charge is 2.32. The van der Waals surface area contributed by atoms with Crippen molar-refractivity contribution in [3.8, 4) is 0 Å². The molecule has 0 aliphatic heterocycles. The van der Waals surface area contributed by atoms with Crippen molar-refractivity contribution in [1.82, 2.24) is 0 Å². The van der Waals surface area contributed by atoms with E-state index in [1.807, 2.05) is 18.2 Å². The highest BCUT2D eigenvalue weighted by Crippen LogP contribution is 2.35. The number of benzene rings is 1. The molecule has 2 rings (SSSR count). The predicted molar refractivity (Wildman–Crippen MR) is 75.4 cm³/mol. The van der Waals surface area contributed by atoms with Gasteiger partial charge in [-0.2, -0.15) is 0 Å². The highest BCUT2D eigenvalue weighted by atomic mass is 79.9. The van der Waals surface area contributed by atoms with Crippen molar-refractivity contribution in [2.24, 2.45) is 5.92 Å². The van der Waals surface area contributed by atoms with Gasteiger partial charge in [0.15, 0.2) is 0 Å². The molecule has 0 unspecified atom stereocenters. The highest BCUT2D eigenvalue weighted by molar-refractivity contribution is 9.10. The molecular weight excluding hydrogens is 300 g/mol. The first-order chi connectivity index (χ1) is 7.98. The monoisotopic (exact) mass is 316 g/mol. The van der Waals surface area contributed by atoms with Crippen LogP contribution in [0.3, 0.4) is 0 Å². The largest absolute Gasteiger partial charge is 0.390 e. The van der Waals surface area contributed by atoms with E-state index >= 15 is 0 Å². The summed E-state index contributed by atoms with van der Waals surface area (Å²) in [6.45, 7) is 2.26. The Labute approximate surface area is 116 Å². The summed E-state index contributed by atoms with van der Waals surface area (Å²) < 4.78 is 0.982. The molecule has 1 aliphatic rings. The summed E-state index contributed by atoms with van der Waals surface area (Å²) >= 11 is 9.59. The summed E-state index contributed by atoms with van der Waals surface area (Å²) in [7, 11) is 0. The second-order valence-corrected chi connectivity index (χ2v) is 6.64. The predicted octanol–water partition coefficient (Wildman–Crippen LogP) is 4.59. The molecule has 1 aromatic rings. The fraction of sp³-hybridized carbons (Fsp3) is 0.571. The zero-order valence-corrected chi connectivity index (χ0v) is 12.4. The summed E-state index contributed by atoms with van der Waals surface area (Å²) in [6.07, 6.45) is 4.68. The third-order valence-corrected chi connectivity index (χ3v) is 4.58. The lowest BCUT2D eigenvalue weighted by Gasteiger charge is -2.35. The molecule has 17 heavy (non-hydrogen) atoms. The molecule has 0 heterocycles. The van der Waals surface area contributed by atoms with Crippen molar-refractivity contribution < 1.29 is 5.11 Å². The number of hydrogen-bond acceptors (Lipinski definition) is 1. The van der Waals surface area contributed by atoms with Gasteiger partial charge in [0.25, 0.3) is 0 Å². The van der Waals surface area contributed by atoms with Gasteiger partial charge in [-0.05, 0) is 49.3 Å². The first-order valence-electron chi connectivity index (χ1n) is 6.15. The van der Waals surface area contributed by atoms with E-state index in [2.05, 4.69) is 22.9 Å². The number of halogens is 2. The normalized spacial score (nSPS) is 29.3. The minimum atomic E-state index is -0.552. The Balaban J connectivity index is 2.09. The molecule has 0 aromatic heterocycles. The van der Waals surface area contributed by atoms with Crippen LogP contribution < -0.4 is 0 Å². The van der Waals surface area contributed by atoms with Gasteiger partial charge in [-0.15, -0.1) is 0 Å². The van der Waals surface area contributed by atoms with Crippen LogP contribution in [0.25, 0.3) is 0 Å². The van der Waals surface area contributed by atoms with Crippen molar-refractivity contribution in [3.05, 3.63) is 33.3 Å². The number of aliphatic hydroxyl groups is 1. The van der Waals surface area contributed by atoms with Gasteiger partial charge in [-0.1, -0.05) is 40.5 Å². The zero-order chi connectivity index (χ0) is 12.5. The summed E-state index contributed by atoms with van der Waals surface area (Å²) in [4.78, 5) is 0. The van der Waals surface area contributed by atoms with E-state index in [1.165, 1.54) is 0 Å². The lowest BCUT2D eigenvalue weighted by atomic mass is 9.76. The van der Waals surface area contributed by atoms with Crippen LogP contribution in [0.2, 0.25) is 5.02 Å². The van der Waals surface area contributed by atoms with E-state index in [0.29, 0.717) is 6.42 Å². The van der Waals surface area contributed by atoms with Gasteiger partial charge in [0, 0.05) is 15.9 Å². The molecule has 1 aliphatic carbocycles. The van der Waals surface area contributed by atoms with Crippen LogP contribution in [0.5, 0.6) is 0 Å². The molecule has 0 bridgehead atoms. The number of rotatable bonds is 2. The van der Waals surface area contributed by atoms with E-state index < -0.39 is 5.60 Å². The Kier molecular flexibility index (Phi) is 4.17. The lowest BCUT2D eigenvalue weighted by Crippen LogP contribution is -2.35. The quantitative estimate of drug-likeness (QED) is 0.846. The maximum absolute atomic E-state index is 10.6. The average molecular weight is 318 g/mol. The second-order valence-electron chi connectivity index (χ2n) is 5.32. The molecule has 0 spiro atoms. The fourth-order valence-corrected chi connectivity index (χ4v) is 3.24. The minimum absolute atomic E-state index is 0.552. The molecule has 0 amide bonds. The average Bonchev–Trinajstić information content (AvgIpc) is 2.27. The van der Waals surface area contributed by atoms with Gasteiger partial charge in [0.1, 0.15) is 0 Å². The van der Waals surface area contributed by atoms with Crippen molar-refractivity contribution in [2.75, 3.05) is 0 Å². The van der Waals surface area contributed by atoms with E-state index in [1.54, 1.807) is 0 Å². The van der Waals surface area contributed by atoms with Crippen LogP contribution in [-0.4, -0.2) is 10.7 Å². The molecule has 1 fully saturated rings. The second kappa shape index (κ2) is 5.29. The van der Waals surface area contributed by atoms with Crippen molar-refractivity contribution >= 4 is 27.5 Å². The molecule has 1 nitrogen and oxygen atoms in total. The Hall–Kier alpha value is -0.0500. The van der Waals surface area contributed by atoms with Crippen LogP contribution in [-0.2, 0) is 6.42 Å². The van der Waals surface area contributed by atoms with Crippen LogP contribution in [0.1, 0.15) is 38.2 Å². The minimum Gasteiger partial charge on any atom is -0.390 e. The summed E-state index contributed by atoms with van der Waals surface area (Å²) in [5.74, 6) is 0.746. The number of hydrogen-bond donors (Lipinski definition) is 1. The first kappa shape index (κ1) is 13.4. The van der Waals surface area contributed by atoms with Gasteiger partial charge >= 0.3 is 0 Å². The first-order valence-corrected chi connectivity index (χ1v) is 7.32. The van der Waals surface area contributed by atoms with Gasteiger partial charge in [-0.25, -0.2) is 0 Å². The van der Waals surface area contributed by atoms with Crippen LogP contribution in [0, 0.1) is 5.92 Å². The van der Waals surface area contributed by atoms with E-state index in [-0.39, 0.29) is 0 Å². The third-order valence-electron chi connectivity index (χ3n) is 3.74. The van der Waals surface area contributed by atoms with Gasteiger partial charge in [-0.3, -0.25) is 0 Å². The Morgan fingerprint density at radius 2 is 2.06 bits per heavy atom.